The Morgan fingerprint density at radius 1 is 1.12 bits per heavy atom. The average molecular weight is 211 g/mol. The molecule has 0 amide bonds. The van der Waals surface area contributed by atoms with Crippen LogP contribution in [0.15, 0.2) is 36.7 Å². The van der Waals surface area contributed by atoms with Crippen molar-refractivity contribution in [3.63, 3.8) is 0 Å². The van der Waals surface area contributed by atoms with E-state index in [2.05, 4.69) is 9.97 Å². The lowest BCUT2D eigenvalue weighted by molar-refractivity contribution is 0.471. The molecule has 78 valence electrons. The van der Waals surface area contributed by atoms with Gasteiger partial charge in [0.05, 0.1) is 5.69 Å². The molecular weight excluding hydrogens is 202 g/mol. The van der Waals surface area contributed by atoms with Gasteiger partial charge < -0.3 is 4.74 Å². The van der Waals surface area contributed by atoms with Crippen LogP contribution in [-0.2, 0) is 0 Å². The van der Waals surface area contributed by atoms with Crippen LogP contribution < -0.4 is 4.74 Å². The second-order valence-electron chi connectivity index (χ2n) is 3.15. The van der Waals surface area contributed by atoms with Crippen LogP contribution in [0.1, 0.15) is 11.4 Å². The number of rotatable bonds is 2. The van der Waals surface area contributed by atoms with Crippen molar-refractivity contribution in [1.29, 1.82) is 5.26 Å². The molecule has 0 aliphatic carbocycles. The molecule has 0 unspecified atom stereocenters. The van der Waals surface area contributed by atoms with Crippen LogP contribution in [0, 0.1) is 18.3 Å². The summed E-state index contributed by atoms with van der Waals surface area (Å²) in [5.41, 5.74) is 1.04. The summed E-state index contributed by atoms with van der Waals surface area (Å²) in [6.45, 7) is 1.84. The lowest BCUT2D eigenvalue weighted by atomic mass is 10.3. The molecular formula is C12H9N3O. The Morgan fingerprint density at radius 2 is 1.81 bits per heavy atom. The second kappa shape index (κ2) is 4.41. The van der Waals surface area contributed by atoms with Crippen molar-refractivity contribution in [2.24, 2.45) is 0 Å². The molecule has 0 aliphatic heterocycles. The van der Waals surface area contributed by atoms with Crippen LogP contribution >= 0.6 is 0 Å². The topological polar surface area (TPSA) is 58.8 Å². The number of hydrogen-bond donors (Lipinski definition) is 0. The molecule has 4 heteroatoms. The monoisotopic (exact) mass is 211 g/mol. The molecule has 0 spiro atoms. The van der Waals surface area contributed by atoms with Gasteiger partial charge in [0.15, 0.2) is 11.4 Å². The van der Waals surface area contributed by atoms with Crippen molar-refractivity contribution >= 4 is 0 Å². The van der Waals surface area contributed by atoms with Crippen molar-refractivity contribution in [2.45, 2.75) is 6.92 Å². The quantitative estimate of drug-likeness (QED) is 0.765. The zero-order chi connectivity index (χ0) is 11.4. The lowest BCUT2D eigenvalue weighted by Crippen LogP contribution is -1.93. The van der Waals surface area contributed by atoms with Gasteiger partial charge in [-0.3, -0.25) is 4.98 Å². The predicted molar refractivity (Wildman–Crippen MR) is 58.0 cm³/mol. The summed E-state index contributed by atoms with van der Waals surface area (Å²) in [5, 5.41) is 8.86. The van der Waals surface area contributed by atoms with Gasteiger partial charge in [0.2, 0.25) is 0 Å². The maximum absolute atomic E-state index is 8.86. The maximum atomic E-state index is 8.86. The van der Waals surface area contributed by atoms with E-state index >= 15 is 0 Å². The first kappa shape index (κ1) is 10.1. The van der Waals surface area contributed by atoms with Crippen molar-refractivity contribution in [2.75, 3.05) is 0 Å². The molecule has 0 saturated carbocycles. The zero-order valence-corrected chi connectivity index (χ0v) is 8.71. The summed E-state index contributed by atoms with van der Waals surface area (Å²) in [4.78, 5) is 8.02. The van der Waals surface area contributed by atoms with Gasteiger partial charge in [0.1, 0.15) is 11.8 Å². The Morgan fingerprint density at radius 3 is 2.50 bits per heavy atom. The average Bonchev–Trinajstić information content (AvgIpc) is 2.33. The molecule has 4 nitrogen and oxygen atoms in total. The van der Waals surface area contributed by atoms with E-state index in [-0.39, 0.29) is 5.69 Å². The summed E-state index contributed by atoms with van der Waals surface area (Å²) in [5.74, 6) is 1.08. The molecule has 0 saturated heterocycles. The lowest BCUT2D eigenvalue weighted by Gasteiger charge is -2.07. The minimum absolute atomic E-state index is 0.269. The number of pyridine rings is 2. The van der Waals surface area contributed by atoms with Gasteiger partial charge in [0, 0.05) is 12.4 Å². The highest BCUT2D eigenvalue weighted by Crippen LogP contribution is 2.24. The molecule has 0 radical (unpaired) electrons. The van der Waals surface area contributed by atoms with Crippen molar-refractivity contribution < 1.29 is 4.74 Å². The number of nitrogens with zero attached hydrogens (tertiary/aromatic N) is 3. The first-order valence-electron chi connectivity index (χ1n) is 4.76. The fourth-order valence-corrected chi connectivity index (χ4v) is 1.25. The highest BCUT2D eigenvalue weighted by atomic mass is 16.5. The Hall–Kier alpha value is -2.41. The van der Waals surface area contributed by atoms with Gasteiger partial charge in [-0.05, 0) is 31.2 Å². The van der Waals surface area contributed by atoms with Gasteiger partial charge in [-0.15, -0.1) is 0 Å². The van der Waals surface area contributed by atoms with Crippen LogP contribution in [-0.4, -0.2) is 9.97 Å². The van der Waals surface area contributed by atoms with E-state index in [1.807, 2.05) is 13.0 Å². The van der Waals surface area contributed by atoms with Crippen molar-refractivity contribution in [1.82, 2.24) is 9.97 Å². The standard InChI is InChI=1S/C12H9N3O/c1-9-11(4-2-6-14-9)16-12-5-3-7-15-10(12)8-13/h2-7H,1H3. The molecule has 2 heterocycles. The molecule has 0 bridgehead atoms. The van der Waals surface area contributed by atoms with E-state index < -0.39 is 0 Å². The van der Waals surface area contributed by atoms with Crippen LogP contribution in [0.3, 0.4) is 0 Å². The largest absolute Gasteiger partial charge is 0.452 e. The molecule has 0 aromatic carbocycles. The summed E-state index contributed by atoms with van der Waals surface area (Å²) < 4.78 is 5.58. The summed E-state index contributed by atoms with van der Waals surface area (Å²) in [7, 11) is 0. The Balaban J connectivity index is 2.35. The second-order valence-corrected chi connectivity index (χ2v) is 3.15. The summed E-state index contributed by atoms with van der Waals surface area (Å²) >= 11 is 0. The van der Waals surface area contributed by atoms with Gasteiger partial charge in [-0.25, -0.2) is 4.98 Å². The molecule has 2 aromatic rings. The number of hydrogen-bond acceptors (Lipinski definition) is 4. The Kier molecular flexibility index (Phi) is 2.79. The first-order chi connectivity index (χ1) is 7.81. The van der Waals surface area contributed by atoms with Crippen molar-refractivity contribution in [3.8, 4) is 17.6 Å². The highest BCUT2D eigenvalue weighted by Gasteiger charge is 2.06. The minimum atomic E-state index is 0.269. The number of nitriles is 1. The molecule has 2 rings (SSSR count). The van der Waals surface area contributed by atoms with Crippen molar-refractivity contribution in [3.05, 3.63) is 48.0 Å². The van der Waals surface area contributed by atoms with E-state index in [1.165, 1.54) is 0 Å². The smallest absolute Gasteiger partial charge is 0.183 e. The van der Waals surface area contributed by atoms with Crippen LogP contribution in [0.4, 0.5) is 0 Å². The minimum Gasteiger partial charge on any atom is -0.452 e. The molecule has 2 aromatic heterocycles. The summed E-state index contributed by atoms with van der Waals surface area (Å²) in [6.07, 6.45) is 3.25. The predicted octanol–water partition coefficient (Wildman–Crippen LogP) is 2.45. The van der Waals surface area contributed by atoms with Crippen LogP contribution in [0.5, 0.6) is 11.5 Å². The van der Waals surface area contributed by atoms with Crippen LogP contribution in [0.2, 0.25) is 0 Å². The Bertz CT molecular complexity index is 546. The van der Waals surface area contributed by atoms with Gasteiger partial charge in [-0.2, -0.15) is 5.26 Å². The van der Waals surface area contributed by atoms with E-state index in [1.54, 1.807) is 36.7 Å². The van der Waals surface area contributed by atoms with E-state index in [0.717, 1.165) is 5.69 Å². The fraction of sp³-hybridized carbons (Fsp3) is 0.0833. The summed E-state index contributed by atoms with van der Waals surface area (Å²) in [6, 6.07) is 8.99. The van der Waals surface area contributed by atoms with Gasteiger partial charge in [0.25, 0.3) is 0 Å². The third-order valence-corrected chi connectivity index (χ3v) is 2.05. The Labute approximate surface area is 93.2 Å². The number of ether oxygens (including phenoxy) is 1. The van der Waals surface area contributed by atoms with E-state index in [9.17, 15) is 0 Å². The van der Waals surface area contributed by atoms with E-state index in [4.69, 9.17) is 10.00 Å². The molecule has 0 aliphatic rings. The number of aryl methyl sites for hydroxylation is 1. The molecule has 0 atom stereocenters. The molecule has 0 N–H and O–H groups in total. The van der Waals surface area contributed by atoms with Gasteiger partial charge >= 0.3 is 0 Å². The molecule has 16 heavy (non-hydrogen) atoms. The maximum Gasteiger partial charge on any atom is 0.183 e. The van der Waals surface area contributed by atoms with E-state index in [0.29, 0.717) is 11.5 Å². The highest BCUT2D eigenvalue weighted by molar-refractivity contribution is 5.40. The normalized spacial score (nSPS) is 9.50. The first-order valence-corrected chi connectivity index (χ1v) is 4.76. The third kappa shape index (κ3) is 1.98. The SMILES string of the molecule is Cc1ncccc1Oc1cccnc1C#N. The molecule has 0 fully saturated rings. The fourth-order valence-electron chi connectivity index (χ4n) is 1.25. The number of aromatic nitrogens is 2. The zero-order valence-electron chi connectivity index (χ0n) is 8.71. The van der Waals surface area contributed by atoms with Gasteiger partial charge in [-0.1, -0.05) is 0 Å². The third-order valence-electron chi connectivity index (χ3n) is 2.05. The van der Waals surface area contributed by atoms with Crippen LogP contribution in [0.25, 0.3) is 0 Å².